The summed E-state index contributed by atoms with van der Waals surface area (Å²) in [5.41, 5.74) is 12.7. The van der Waals surface area contributed by atoms with Gasteiger partial charge in [0.05, 0.1) is 5.92 Å². The van der Waals surface area contributed by atoms with E-state index in [-0.39, 0.29) is 17.8 Å². The summed E-state index contributed by atoms with van der Waals surface area (Å²) in [5, 5.41) is 0. The van der Waals surface area contributed by atoms with Crippen LogP contribution in [-0.4, -0.2) is 11.9 Å². The van der Waals surface area contributed by atoms with Crippen molar-refractivity contribution in [2.75, 3.05) is 0 Å². The van der Waals surface area contributed by atoms with Gasteiger partial charge < -0.3 is 11.5 Å². The van der Waals surface area contributed by atoms with Gasteiger partial charge in [-0.2, -0.15) is 4.99 Å². The summed E-state index contributed by atoms with van der Waals surface area (Å²) < 4.78 is 0. The van der Waals surface area contributed by atoms with Crippen LogP contribution in [0.25, 0.3) is 0 Å². The summed E-state index contributed by atoms with van der Waals surface area (Å²) in [6, 6.07) is 19.4. The van der Waals surface area contributed by atoms with Gasteiger partial charge in [0.25, 0.3) is 5.91 Å². The van der Waals surface area contributed by atoms with E-state index in [0.29, 0.717) is 0 Å². The largest absolute Gasteiger partial charge is 0.370 e. The van der Waals surface area contributed by atoms with Gasteiger partial charge in [-0.25, -0.2) is 0 Å². The Bertz CT molecular complexity index is 619. The number of nitrogens with two attached hydrogens (primary N) is 2. The number of benzene rings is 2. The van der Waals surface area contributed by atoms with E-state index in [2.05, 4.69) is 4.99 Å². The molecule has 0 aliphatic rings. The Labute approximate surface area is 124 Å². The maximum atomic E-state index is 12.4. The number of carbonyl (C=O) groups excluding carboxylic acids is 1. The van der Waals surface area contributed by atoms with E-state index in [1.165, 1.54) is 0 Å². The van der Waals surface area contributed by atoms with Crippen LogP contribution in [0.1, 0.15) is 29.9 Å². The van der Waals surface area contributed by atoms with Gasteiger partial charge in [-0.05, 0) is 17.0 Å². The van der Waals surface area contributed by atoms with Crippen molar-refractivity contribution in [3.05, 3.63) is 71.8 Å². The molecule has 0 saturated heterocycles. The zero-order valence-corrected chi connectivity index (χ0v) is 11.9. The Morgan fingerprint density at radius 2 is 1.38 bits per heavy atom. The second-order valence-corrected chi connectivity index (χ2v) is 4.96. The molecule has 2 aromatic rings. The molecule has 0 radical (unpaired) electrons. The smallest absolute Gasteiger partial charge is 0.257 e. The van der Waals surface area contributed by atoms with E-state index in [1.807, 2.05) is 67.6 Å². The van der Waals surface area contributed by atoms with E-state index in [1.54, 1.807) is 0 Å². The third-order valence-corrected chi connectivity index (χ3v) is 3.49. The van der Waals surface area contributed by atoms with E-state index < -0.39 is 5.92 Å². The zero-order chi connectivity index (χ0) is 15.2. The highest BCUT2D eigenvalue weighted by Crippen LogP contribution is 2.33. The average Bonchev–Trinajstić information content (AvgIpc) is 2.48. The van der Waals surface area contributed by atoms with Gasteiger partial charge in [-0.1, -0.05) is 67.6 Å². The number of hydrogen-bond acceptors (Lipinski definition) is 1. The first kappa shape index (κ1) is 14.8. The van der Waals surface area contributed by atoms with Crippen molar-refractivity contribution in [1.82, 2.24) is 0 Å². The SMILES string of the molecule is C[C@H](c1ccccc1)[C@H](C(=O)N=C(N)N)c1ccccc1. The number of rotatable bonds is 4. The molecule has 1 amide bonds. The van der Waals surface area contributed by atoms with Crippen LogP contribution in [0.3, 0.4) is 0 Å². The summed E-state index contributed by atoms with van der Waals surface area (Å²) >= 11 is 0. The second kappa shape index (κ2) is 6.70. The van der Waals surface area contributed by atoms with Crippen molar-refractivity contribution in [1.29, 1.82) is 0 Å². The second-order valence-electron chi connectivity index (χ2n) is 4.96. The van der Waals surface area contributed by atoms with Crippen molar-refractivity contribution in [2.45, 2.75) is 18.8 Å². The number of amides is 1. The molecule has 4 heteroatoms. The Hall–Kier alpha value is -2.62. The maximum Gasteiger partial charge on any atom is 0.257 e. The third kappa shape index (κ3) is 3.69. The molecule has 0 unspecified atom stereocenters. The van der Waals surface area contributed by atoms with Crippen molar-refractivity contribution in [2.24, 2.45) is 16.5 Å². The van der Waals surface area contributed by atoms with E-state index >= 15 is 0 Å². The topological polar surface area (TPSA) is 81.5 Å². The van der Waals surface area contributed by atoms with E-state index in [9.17, 15) is 4.79 Å². The number of hydrogen-bond donors (Lipinski definition) is 2. The van der Waals surface area contributed by atoms with Crippen molar-refractivity contribution < 1.29 is 4.79 Å². The lowest BCUT2D eigenvalue weighted by molar-refractivity contribution is -0.119. The molecule has 0 fully saturated rings. The van der Waals surface area contributed by atoms with Gasteiger partial charge in [0.1, 0.15) is 0 Å². The Morgan fingerprint density at radius 3 is 1.86 bits per heavy atom. The zero-order valence-electron chi connectivity index (χ0n) is 11.9. The van der Waals surface area contributed by atoms with Gasteiger partial charge in [0, 0.05) is 0 Å². The van der Waals surface area contributed by atoms with Crippen LogP contribution in [0.2, 0.25) is 0 Å². The lowest BCUT2D eigenvalue weighted by atomic mass is 9.82. The molecule has 2 rings (SSSR count). The fraction of sp³-hybridized carbons (Fsp3) is 0.176. The van der Waals surface area contributed by atoms with Crippen LogP contribution in [0.15, 0.2) is 65.7 Å². The van der Waals surface area contributed by atoms with Crippen LogP contribution in [0, 0.1) is 0 Å². The lowest BCUT2D eigenvalue weighted by Gasteiger charge is -2.22. The minimum atomic E-state index is -0.407. The fourth-order valence-corrected chi connectivity index (χ4v) is 2.45. The molecule has 0 aromatic heterocycles. The molecular formula is C17H19N3O. The Morgan fingerprint density at radius 1 is 0.905 bits per heavy atom. The standard InChI is InChI=1S/C17H19N3O/c1-12(13-8-4-2-5-9-13)15(16(21)20-17(18)19)14-10-6-3-7-11-14/h2-12,15H,1H3,(H4,18,19,20,21)/t12-,15+/m1/s1. The summed E-state index contributed by atoms with van der Waals surface area (Å²) in [5.74, 6) is -0.960. The first-order valence-corrected chi connectivity index (χ1v) is 6.83. The molecule has 0 bridgehead atoms. The van der Waals surface area contributed by atoms with Gasteiger partial charge >= 0.3 is 0 Å². The number of carbonyl (C=O) groups is 1. The first-order valence-electron chi connectivity index (χ1n) is 6.83. The predicted octanol–water partition coefficient (Wildman–Crippen LogP) is 2.37. The molecule has 0 aliphatic heterocycles. The average molecular weight is 281 g/mol. The summed E-state index contributed by atoms with van der Waals surface area (Å²) in [6.45, 7) is 2.01. The third-order valence-electron chi connectivity index (χ3n) is 3.49. The molecule has 0 saturated carbocycles. The molecule has 4 N–H and O–H groups in total. The minimum Gasteiger partial charge on any atom is -0.370 e. The normalized spacial score (nSPS) is 13.2. The van der Waals surface area contributed by atoms with E-state index in [0.717, 1.165) is 11.1 Å². The van der Waals surface area contributed by atoms with Crippen LogP contribution in [0.5, 0.6) is 0 Å². The molecule has 21 heavy (non-hydrogen) atoms. The monoisotopic (exact) mass is 281 g/mol. The highest BCUT2D eigenvalue weighted by molar-refractivity contribution is 5.95. The van der Waals surface area contributed by atoms with Gasteiger partial charge in [0.15, 0.2) is 5.96 Å². The van der Waals surface area contributed by atoms with Crippen molar-refractivity contribution >= 4 is 11.9 Å². The van der Waals surface area contributed by atoms with Gasteiger partial charge in [-0.3, -0.25) is 4.79 Å². The van der Waals surface area contributed by atoms with Crippen molar-refractivity contribution in [3.8, 4) is 0 Å². The first-order chi connectivity index (χ1) is 10.1. The molecule has 2 aromatic carbocycles. The molecule has 0 aliphatic carbocycles. The highest BCUT2D eigenvalue weighted by Gasteiger charge is 2.27. The van der Waals surface area contributed by atoms with Crippen LogP contribution < -0.4 is 11.5 Å². The van der Waals surface area contributed by atoms with Crippen LogP contribution in [0.4, 0.5) is 0 Å². The van der Waals surface area contributed by atoms with Gasteiger partial charge in [-0.15, -0.1) is 0 Å². The molecular weight excluding hydrogens is 262 g/mol. The van der Waals surface area contributed by atoms with E-state index in [4.69, 9.17) is 11.5 Å². The summed E-state index contributed by atoms with van der Waals surface area (Å²) in [7, 11) is 0. The molecule has 4 nitrogen and oxygen atoms in total. The van der Waals surface area contributed by atoms with Crippen molar-refractivity contribution in [3.63, 3.8) is 0 Å². The number of nitrogens with zero attached hydrogens (tertiary/aromatic N) is 1. The minimum absolute atomic E-state index is 0.0239. The Kier molecular flexibility index (Phi) is 4.72. The molecule has 0 spiro atoms. The molecule has 2 atom stereocenters. The summed E-state index contributed by atoms with van der Waals surface area (Å²) in [6.07, 6.45) is 0. The number of guanidine groups is 1. The highest BCUT2D eigenvalue weighted by atomic mass is 16.1. The van der Waals surface area contributed by atoms with Crippen LogP contribution in [-0.2, 0) is 4.79 Å². The Balaban J connectivity index is 2.41. The number of aliphatic imine (C=N–C) groups is 1. The lowest BCUT2D eigenvalue weighted by Crippen LogP contribution is -2.27. The summed E-state index contributed by atoms with van der Waals surface area (Å²) in [4.78, 5) is 16.2. The van der Waals surface area contributed by atoms with Crippen LogP contribution >= 0.6 is 0 Å². The predicted molar refractivity (Wildman–Crippen MR) is 84.9 cm³/mol. The quantitative estimate of drug-likeness (QED) is 0.667. The maximum absolute atomic E-state index is 12.4. The molecule has 0 heterocycles. The fourth-order valence-electron chi connectivity index (χ4n) is 2.45. The molecule has 108 valence electrons. The van der Waals surface area contributed by atoms with Gasteiger partial charge in [0.2, 0.25) is 0 Å².